The topological polar surface area (TPSA) is 49.4 Å². The van der Waals surface area contributed by atoms with Crippen molar-refractivity contribution in [3.05, 3.63) is 35.4 Å². The molecule has 5 heteroatoms. The van der Waals surface area contributed by atoms with Crippen molar-refractivity contribution in [1.29, 1.82) is 0 Å². The standard InChI is InChI=1S/C14H24N2O2S/c1-4-16(19(3,17)18)11-5-10-15-12-14-8-6-13(2)7-9-14/h6-9,15H,4-5,10-12H2,1-3H3. The van der Waals surface area contributed by atoms with Crippen molar-refractivity contribution in [3.63, 3.8) is 0 Å². The first-order chi connectivity index (χ1) is 8.93. The van der Waals surface area contributed by atoms with Crippen LogP contribution in [0.4, 0.5) is 0 Å². The van der Waals surface area contributed by atoms with Gasteiger partial charge < -0.3 is 5.32 Å². The number of nitrogens with zero attached hydrogens (tertiary/aromatic N) is 1. The Kier molecular flexibility index (Phi) is 6.48. The number of nitrogens with one attached hydrogen (secondary N) is 1. The summed E-state index contributed by atoms with van der Waals surface area (Å²) in [6, 6.07) is 8.41. The van der Waals surface area contributed by atoms with E-state index in [0.717, 1.165) is 19.5 Å². The zero-order chi connectivity index (χ0) is 14.3. The third kappa shape index (κ3) is 6.18. The second kappa shape index (κ2) is 7.62. The molecule has 0 aromatic heterocycles. The van der Waals surface area contributed by atoms with Crippen molar-refractivity contribution in [1.82, 2.24) is 9.62 Å². The lowest BCUT2D eigenvalue weighted by molar-refractivity contribution is 0.419. The first-order valence-corrected chi connectivity index (χ1v) is 8.49. The Balaban J connectivity index is 2.22. The minimum Gasteiger partial charge on any atom is -0.313 e. The summed E-state index contributed by atoms with van der Waals surface area (Å²) in [4.78, 5) is 0. The first kappa shape index (κ1) is 16.1. The predicted molar refractivity (Wildman–Crippen MR) is 79.6 cm³/mol. The first-order valence-electron chi connectivity index (χ1n) is 6.65. The quantitative estimate of drug-likeness (QED) is 0.740. The van der Waals surface area contributed by atoms with Crippen LogP contribution >= 0.6 is 0 Å². The summed E-state index contributed by atoms with van der Waals surface area (Å²) in [6.07, 6.45) is 2.09. The Hall–Kier alpha value is -0.910. The molecule has 0 amide bonds. The number of hydrogen-bond acceptors (Lipinski definition) is 3. The molecule has 0 aliphatic rings. The maximum Gasteiger partial charge on any atom is 0.211 e. The molecule has 1 aromatic rings. The van der Waals surface area contributed by atoms with Gasteiger partial charge in [0.05, 0.1) is 6.26 Å². The summed E-state index contributed by atoms with van der Waals surface area (Å²) in [7, 11) is -3.05. The van der Waals surface area contributed by atoms with E-state index in [4.69, 9.17) is 0 Å². The Bertz CT molecular complexity index is 469. The number of rotatable bonds is 8. The zero-order valence-corrected chi connectivity index (χ0v) is 12.8. The molecule has 0 saturated carbocycles. The number of benzene rings is 1. The van der Waals surface area contributed by atoms with Crippen LogP contribution in [0.5, 0.6) is 0 Å². The summed E-state index contributed by atoms with van der Waals surface area (Å²) in [6.45, 7) is 6.70. The summed E-state index contributed by atoms with van der Waals surface area (Å²) >= 11 is 0. The Morgan fingerprint density at radius 1 is 1.21 bits per heavy atom. The van der Waals surface area contributed by atoms with Crippen LogP contribution in [0, 0.1) is 6.92 Å². The molecule has 0 aliphatic heterocycles. The van der Waals surface area contributed by atoms with Gasteiger partial charge in [-0.05, 0) is 25.5 Å². The fourth-order valence-corrected chi connectivity index (χ4v) is 2.81. The molecule has 0 saturated heterocycles. The highest BCUT2D eigenvalue weighted by atomic mass is 32.2. The molecule has 0 fully saturated rings. The highest BCUT2D eigenvalue weighted by Crippen LogP contribution is 2.02. The summed E-state index contributed by atoms with van der Waals surface area (Å²) in [5, 5.41) is 3.33. The highest BCUT2D eigenvalue weighted by Gasteiger charge is 2.12. The van der Waals surface area contributed by atoms with Gasteiger partial charge in [0, 0.05) is 19.6 Å². The van der Waals surface area contributed by atoms with E-state index >= 15 is 0 Å². The molecule has 19 heavy (non-hydrogen) atoms. The molecular formula is C14H24N2O2S. The van der Waals surface area contributed by atoms with Gasteiger partial charge in [0.1, 0.15) is 0 Å². The summed E-state index contributed by atoms with van der Waals surface area (Å²) in [5.41, 5.74) is 2.51. The van der Waals surface area contributed by atoms with Crippen LogP contribution < -0.4 is 5.32 Å². The van der Waals surface area contributed by atoms with Crippen molar-refractivity contribution >= 4 is 10.0 Å². The number of hydrogen-bond donors (Lipinski definition) is 1. The predicted octanol–water partition coefficient (Wildman–Crippen LogP) is 1.76. The average molecular weight is 284 g/mol. The lowest BCUT2D eigenvalue weighted by Crippen LogP contribution is -2.32. The molecular weight excluding hydrogens is 260 g/mol. The molecule has 1 N–H and O–H groups in total. The van der Waals surface area contributed by atoms with E-state index in [-0.39, 0.29) is 0 Å². The largest absolute Gasteiger partial charge is 0.313 e. The van der Waals surface area contributed by atoms with Gasteiger partial charge >= 0.3 is 0 Å². The van der Waals surface area contributed by atoms with Crippen molar-refractivity contribution < 1.29 is 8.42 Å². The van der Waals surface area contributed by atoms with Crippen molar-refractivity contribution in [2.45, 2.75) is 26.8 Å². The number of sulfonamides is 1. The van der Waals surface area contributed by atoms with Crippen molar-refractivity contribution in [2.75, 3.05) is 25.9 Å². The molecule has 108 valence electrons. The van der Waals surface area contributed by atoms with Gasteiger partial charge in [0.25, 0.3) is 0 Å². The van der Waals surface area contributed by atoms with Gasteiger partial charge in [-0.25, -0.2) is 12.7 Å². The van der Waals surface area contributed by atoms with E-state index in [2.05, 4.69) is 36.5 Å². The minimum atomic E-state index is -3.05. The second-order valence-corrected chi connectivity index (χ2v) is 6.75. The van der Waals surface area contributed by atoms with Crippen molar-refractivity contribution in [3.8, 4) is 0 Å². The molecule has 0 atom stereocenters. The maximum absolute atomic E-state index is 11.4. The van der Waals surface area contributed by atoms with Gasteiger partial charge in [-0.1, -0.05) is 36.8 Å². The van der Waals surface area contributed by atoms with E-state index in [0.29, 0.717) is 13.1 Å². The van der Waals surface area contributed by atoms with Crippen molar-refractivity contribution in [2.24, 2.45) is 0 Å². The molecule has 1 aromatic carbocycles. The van der Waals surface area contributed by atoms with E-state index in [1.54, 1.807) is 0 Å². The molecule has 1 rings (SSSR count). The smallest absolute Gasteiger partial charge is 0.211 e. The molecule has 4 nitrogen and oxygen atoms in total. The van der Waals surface area contributed by atoms with Crippen LogP contribution in [-0.2, 0) is 16.6 Å². The minimum absolute atomic E-state index is 0.538. The SMILES string of the molecule is CCN(CCCNCc1ccc(C)cc1)S(C)(=O)=O. The lowest BCUT2D eigenvalue weighted by Gasteiger charge is -2.17. The van der Waals surface area contributed by atoms with Gasteiger partial charge in [-0.2, -0.15) is 0 Å². The third-order valence-corrected chi connectivity index (χ3v) is 4.41. The monoisotopic (exact) mass is 284 g/mol. The Morgan fingerprint density at radius 3 is 2.37 bits per heavy atom. The van der Waals surface area contributed by atoms with Gasteiger partial charge in [0.2, 0.25) is 10.0 Å². The summed E-state index contributed by atoms with van der Waals surface area (Å²) in [5.74, 6) is 0. The van der Waals surface area contributed by atoms with E-state index in [1.807, 2.05) is 6.92 Å². The third-order valence-electron chi connectivity index (χ3n) is 3.03. The lowest BCUT2D eigenvalue weighted by atomic mass is 10.1. The molecule has 0 spiro atoms. The van der Waals surface area contributed by atoms with Crippen LogP contribution in [0.3, 0.4) is 0 Å². The van der Waals surface area contributed by atoms with Crippen LogP contribution in [0.1, 0.15) is 24.5 Å². The van der Waals surface area contributed by atoms with E-state index in [9.17, 15) is 8.42 Å². The average Bonchev–Trinajstić information content (AvgIpc) is 2.34. The van der Waals surface area contributed by atoms with Gasteiger partial charge in [-0.3, -0.25) is 0 Å². The Morgan fingerprint density at radius 2 is 1.84 bits per heavy atom. The fraction of sp³-hybridized carbons (Fsp3) is 0.571. The van der Waals surface area contributed by atoms with E-state index < -0.39 is 10.0 Å². The van der Waals surface area contributed by atoms with Gasteiger partial charge in [-0.15, -0.1) is 0 Å². The Labute approximate surface area is 116 Å². The molecule has 0 unspecified atom stereocenters. The van der Waals surface area contributed by atoms with Crippen LogP contribution in [0.25, 0.3) is 0 Å². The normalized spacial score (nSPS) is 12.0. The van der Waals surface area contributed by atoms with Crippen LogP contribution in [0.2, 0.25) is 0 Å². The van der Waals surface area contributed by atoms with E-state index in [1.165, 1.54) is 21.7 Å². The molecule has 0 radical (unpaired) electrons. The second-order valence-electron chi connectivity index (χ2n) is 4.77. The number of aryl methyl sites for hydroxylation is 1. The fourth-order valence-electron chi connectivity index (χ4n) is 1.88. The molecule has 0 bridgehead atoms. The van der Waals surface area contributed by atoms with Crippen LogP contribution in [-0.4, -0.2) is 38.6 Å². The zero-order valence-electron chi connectivity index (χ0n) is 12.0. The highest BCUT2D eigenvalue weighted by molar-refractivity contribution is 7.88. The molecule has 0 heterocycles. The van der Waals surface area contributed by atoms with Gasteiger partial charge in [0.15, 0.2) is 0 Å². The molecule has 0 aliphatic carbocycles. The summed E-state index contributed by atoms with van der Waals surface area (Å²) < 4.78 is 24.3. The maximum atomic E-state index is 11.4. The van der Waals surface area contributed by atoms with Crippen LogP contribution in [0.15, 0.2) is 24.3 Å².